The molecule has 0 aromatic rings. The molecule has 0 aromatic carbocycles. The minimum absolute atomic E-state index is 0.0731. The topological polar surface area (TPSA) is 105 Å². The van der Waals surface area contributed by atoms with Crippen LogP contribution in [-0.2, 0) is 18.4 Å². The van der Waals surface area contributed by atoms with E-state index in [4.69, 9.17) is 9.05 Å². The third-order valence-corrected chi connectivity index (χ3v) is 13.7. The van der Waals surface area contributed by atoms with Gasteiger partial charge in [0.1, 0.15) is 13.2 Å². The van der Waals surface area contributed by atoms with Crippen LogP contribution in [0, 0.1) is 0 Å². The lowest BCUT2D eigenvalue weighted by Crippen LogP contribution is -2.46. The van der Waals surface area contributed by atoms with Crippen LogP contribution in [0.2, 0.25) is 0 Å². The van der Waals surface area contributed by atoms with Crippen molar-refractivity contribution in [1.29, 1.82) is 0 Å². The van der Waals surface area contributed by atoms with E-state index in [0.29, 0.717) is 23.9 Å². The third kappa shape index (κ3) is 53.6. The molecule has 3 N–H and O–H groups in total. The summed E-state index contributed by atoms with van der Waals surface area (Å²) in [4.78, 5) is 23.3. The van der Waals surface area contributed by atoms with Gasteiger partial charge in [0.2, 0.25) is 5.91 Å². The second-order valence-corrected chi connectivity index (χ2v) is 22.1. The van der Waals surface area contributed by atoms with Crippen LogP contribution >= 0.6 is 7.82 Å². The first-order valence-corrected chi connectivity index (χ1v) is 30.3. The number of carbonyl (C=O) groups is 1. The van der Waals surface area contributed by atoms with Gasteiger partial charge in [0, 0.05) is 6.42 Å². The number of aliphatic hydroxyl groups excluding tert-OH is 1. The molecule has 0 heterocycles. The third-order valence-electron chi connectivity index (χ3n) is 12.7. The Morgan fingerprint density at radius 2 is 0.870 bits per heavy atom. The van der Waals surface area contributed by atoms with Crippen molar-refractivity contribution in [1.82, 2.24) is 5.32 Å². The van der Waals surface area contributed by atoms with E-state index in [0.717, 1.165) is 77.0 Å². The minimum Gasteiger partial charge on any atom is -0.391 e. The molecule has 0 aliphatic carbocycles. The summed E-state index contributed by atoms with van der Waals surface area (Å²) < 4.78 is 23.7. The minimum atomic E-state index is -4.32. The smallest absolute Gasteiger partial charge is 0.391 e. The molecule has 1 amide bonds. The molecule has 0 bridgehead atoms. The van der Waals surface area contributed by atoms with Gasteiger partial charge in [0.25, 0.3) is 0 Å². The van der Waals surface area contributed by atoms with Crippen molar-refractivity contribution >= 4 is 13.7 Å². The Hall–Kier alpha value is -2.06. The van der Waals surface area contributed by atoms with Gasteiger partial charge in [-0.25, -0.2) is 4.57 Å². The predicted molar refractivity (Wildman–Crippen MR) is 300 cm³/mol. The highest BCUT2D eigenvalue weighted by molar-refractivity contribution is 7.47. The maximum absolute atomic E-state index is 13.0. The second-order valence-electron chi connectivity index (χ2n) is 20.6. The van der Waals surface area contributed by atoms with Gasteiger partial charge in [-0.15, -0.1) is 0 Å². The predicted octanol–water partition coefficient (Wildman–Crippen LogP) is 17.5. The number of nitrogens with one attached hydrogen (secondary N) is 1. The molecule has 0 aliphatic rings. The maximum atomic E-state index is 13.0. The summed E-state index contributed by atoms with van der Waals surface area (Å²) in [7, 11) is 1.61. The van der Waals surface area contributed by atoms with E-state index in [2.05, 4.69) is 92.1 Å². The van der Waals surface area contributed by atoms with E-state index >= 15 is 0 Å². The van der Waals surface area contributed by atoms with Crippen molar-refractivity contribution in [3.05, 3.63) is 72.9 Å². The number of unbranched alkanes of at least 4 members (excludes halogenated alkanes) is 27. The van der Waals surface area contributed by atoms with Gasteiger partial charge >= 0.3 is 7.82 Å². The average Bonchev–Trinajstić information content (AvgIpc) is 3.31. The van der Waals surface area contributed by atoms with Crippen LogP contribution in [0.3, 0.4) is 0 Å². The number of hydrogen-bond acceptors (Lipinski definition) is 5. The Morgan fingerprint density at radius 1 is 0.507 bits per heavy atom. The number of amides is 1. The molecule has 3 atom stereocenters. The van der Waals surface area contributed by atoms with E-state index in [1.807, 2.05) is 21.1 Å². The fourth-order valence-electron chi connectivity index (χ4n) is 8.23. The fraction of sp³-hybridized carbons (Fsp3) is 0.783. The van der Waals surface area contributed by atoms with E-state index in [1.54, 1.807) is 0 Å². The van der Waals surface area contributed by atoms with Crippen molar-refractivity contribution in [2.75, 3.05) is 40.9 Å². The molecular weight excluding hydrogens is 876 g/mol. The summed E-state index contributed by atoms with van der Waals surface area (Å²) in [5.41, 5.74) is 0. The number of likely N-dealkylation sites (N-methyl/N-ethyl adjacent to an activating group) is 1. The van der Waals surface area contributed by atoms with Crippen LogP contribution in [0.5, 0.6) is 0 Å². The Morgan fingerprint density at radius 3 is 1.28 bits per heavy atom. The number of allylic oxidation sites excluding steroid dienone is 12. The van der Waals surface area contributed by atoms with Crippen LogP contribution in [0.4, 0.5) is 0 Å². The van der Waals surface area contributed by atoms with Crippen molar-refractivity contribution in [2.45, 2.75) is 264 Å². The first-order chi connectivity index (χ1) is 33.5. The van der Waals surface area contributed by atoms with Crippen LogP contribution in [-0.4, -0.2) is 73.4 Å². The average molecular weight is 989 g/mol. The van der Waals surface area contributed by atoms with Crippen molar-refractivity contribution in [2.24, 2.45) is 0 Å². The summed E-state index contributed by atoms with van der Waals surface area (Å²) in [5.74, 6) is -0.146. The summed E-state index contributed by atoms with van der Waals surface area (Å²) in [6.07, 6.45) is 69.6. The van der Waals surface area contributed by atoms with Crippen LogP contribution in [0.25, 0.3) is 0 Å². The van der Waals surface area contributed by atoms with E-state index < -0.39 is 20.0 Å². The summed E-state index contributed by atoms with van der Waals surface area (Å²) in [6.45, 7) is 4.78. The summed E-state index contributed by atoms with van der Waals surface area (Å²) >= 11 is 0. The monoisotopic (exact) mass is 988 g/mol. The highest BCUT2D eigenvalue weighted by atomic mass is 31.2. The molecule has 0 rings (SSSR count). The number of phosphoric ester groups is 1. The molecule has 0 aliphatic heterocycles. The summed E-state index contributed by atoms with van der Waals surface area (Å²) in [6, 6.07) is -0.763. The first-order valence-electron chi connectivity index (χ1n) is 28.8. The number of hydrogen-bond donors (Lipinski definition) is 3. The van der Waals surface area contributed by atoms with Crippen LogP contribution in [0.1, 0.15) is 251 Å². The maximum Gasteiger partial charge on any atom is 0.472 e. The van der Waals surface area contributed by atoms with E-state index in [9.17, 15) is 19.4 Å². The normalized spacial score (nSPS) is 14.5. The Balaban J connectivity index is 4.06. The fourth-order valence-corrected chi connectivity index (χ4v) is 8.96. The van der Waals surface area contributed by atoms with Gasteiger partial charge in [-0.1, -0.05) is 254 Å². The zero-order chi connectivity index (χ0) is 50.6. The SMILES string of the molecule is CC/C=C\C/C=C\C/C=C\C/C=C\C/C=C\C/C=C\CCCCCCCCCCCCCCCCC(=O)NC(COP(=O)(O)OCC[N+](C)(C)C)C(O)CCCCCCCCCCCCCCCC. The Bertz CT molecular complexity index is 1350. The van der Waals surface area contributed by atoms with Crippen molar-refractivity contribution < 1.29 is 32.9 Å². The van der Waals surface area contributed by atoms with Gasteiger partial charge in [-0.2, -0.15) is 0 Å². The van der Waals surface area contributed by atoms with Gasteiger partial charge in [-0.3, -0.25) is 13.8 Å². The molecule has 0 fully saturated rings. The molecule has 0 saturated heterocycles. The van der Waals surface area contributed by atoms with Gasteiger partial charge in [0.15, 0.2) is 0 Å². The molecule has 3 unspecified atom stereocenters. The largest absolute Gasteiger partial charge is 0.472 e. The van der Waals surface area contributed by atoms with Crippen molar-refractivity contribution in [3.63, 3.8) is 0 Å². The number of aliphatic hydroxyl groups is 1. The first kappa shape index (κ1) is 66.9. The molecule has 402 valence electrons. The lowest BCUT2D eigenvalue weighted by Gasteiger charge is -2.26. The van der Waals surface area contributed by atoms with E-state index in [-0.39, 0.29) is 19.1 Å². The molecule has 69 heavy (non-hydrogen) atoms. The van der Waals surface area contributed by atoms with Crippen LogP contribution in [0.15, 0.2) is 72.9 Å². The molecule has 9 heteroatoms. The number of quaternary nitrogens is 1. The van der Waals surface area contributed by atoms with Gasteiger partial charge < -0.3 is 19.8 Å². The quantitative estimate of drug-likeness (QED) is 0.0243. The van der Waals surface area contributed by atoms with Gasteiger partial charge in [0.05, 0.1) is 39.9 Å². The standard InChI is InChI=1S/C60H111N2O6P/c1-6-8-10-12-14-16-18-20-22-23-24-25-26-27-28-29-30-31-32-33-34-35-36-37-38-39-40-42-44-46-48-50-52-54-60(64)61-58(57-68-69(65,66)67-56-55-62(3,4)5)59(63)53-51-49-47-45-43-41-21-19-17-15-13-11-9-7-2/h8,10,14,16,20,22,24-25,27-28,30-31,58-59,63H,6-7,9,11-13,15,17-19,21,23,26,29,32-57H2,1-5H3,(H-,61,64,65,66)/p+1/b10-8-,16-14-,22-20-,25-24-,28-27-,31-30-. The molecule has 0 aromatic heterocycles. The molecule has 8 nitrogen and oxygen atoms in total. The lowest BCUT2D eigenvalue weighted by molar-refractivity contribution is -0.870. The second kappa shape index (κ2) is 50.9. The molecule has 0 spiro atoms. The Labute approximate surface area is 427 Å². The van der Waals surface area contributed by atoms with Crippen LogP contribution < -0.4 is 5.32 Å². The molecule has 0 radical (unpaired) electrons. The van der Waals surface area contributed by atoms with E-state index in [1.165, 1.54) is 148 Å². The lowest BCUT2D eigenvalue weighted by atomic mass is 10.0. The number of nitrogens with zero attached hydrogens (tertiary/aromatic N) is 1. The Kier molecular flexibility index (Phi) is 49.3. The highest BCUT2D eigenvalue weighted by Gasteiger charge is 2.28. The van der Waals surface area contributed by atoms with Gasteiger partial charge in [-0.05, 0) is 64.2 Å². The number of carbonyl (C=O) groups excluding carboxylic acids is 1. The number of rotatable bonds is 52. The number of phosphoric acid groups is 1. The molecular formula is C60H112N2O6P+. The van der Waals surface area contributed by atoms with Crippen molar-refractivity contribution in [3.8, 4) is 0 Å². The summed E-state index contributed by atoms with van der Waals surface area (Å²) in [5, 5.41) is 14.0. The zero-order valence-corrected chi connectivity index (χ0v) is 46.7. The zero-order valence-electron chi connectivity index (χ0n) is 45.8. The molecule has 0 saturated carbocycles. The highest BCUT2D eigenvalue weighted by Crippen LogP contribution is 2.43.